The third-order valence-electron chi connectivity index (χ3n) is 4.94. The number of fused-ring (bicyclic) bond motifs is 1. The minimum absolute atomic E-state index is 0.0433. The maximum absolute atomic E-state index is 12.6. The largest absolute Gasteiger partial charge is 0.497 e. The molecule has 5 nitrogen and oxygen atoms in total. The number of methoxy groups -OCH3 is 2. The van der Waals surface area contributed by atoms with E-state index in [1.807, 2.05) is 55.3 Å². The molecular formula is C23H26N2O3. The molecule has 0 spiro atoms. The Balaban J connectivity index is 1.64. The molecule has 3 rings (SSSR count). The zero-order chi connectivity index (χ0) is 20.1. The van der Waals surface area contributed by atoms with E-state index >= 15 is 0 Å². The molecular weight excluding hydrogens is 352 g/mol. The van der Waals surface area contributed by atoms with Gasteiger partial charge in [-0.15, -0.1) is 0 Å². The number of nitrogens with one attached hydrogen (secondary N) is 1. The van der Waals surface area contributed by atoms with Crippen molar-refractivity contribution in [2.24, 2.45) is 0 Å². The number of carbonyl (C=O) groups is 1. The van der Waals surface area contributed by atoms with Crippen LogP contribution in [0.5, 0.6) is 11.5 Å². The Morgan fingerprint density at radius 3 is 2.21 bits per heavy atom. The van der Waals surface area contributed by atoms with Gasteiger partial charge in [-0.3, -0.25) is 9.69 Å². The minimum Gasteiger partial charge on any atom is -0.497 e. The average molecular weight is 378 g/mol. The number of benzene rings is 3. The molecule has 5 heteroatoms. The van der Waals surface area contributed by atoms with Gasteiger partial charge in [0, 0.05) is 12.2 Å². The molecule has 0 bridgehead atoms. The van der Waals surface area contributed by atoms with Crippen molar-refractivity contribution in [1.29, 1.82) is 0 Å². The van der Waals surface area contributed by atoms with Gasteiger partial charge in [-0.1, -0.05) is 18.2 Å². The Morgan fingerprint density at radius 2 is 1.54 bits per heavy atom. The van der Waals surface area contributed by atoms with E-state index in [1.54, 1.807) is 14.2 Å². The first-order valence-electron chi connectivity index (χ1n) is 9.22. The van der Waals surface area contributed by atoms with E-state index in [4.69, 9.17) is 9.47 Å². The van der Waals surface area contributed by atoms with E-state index in [2.05, 4.69) is 29.6 Å². The van der Waals surface area contributed by atoms with Crippen LogP contribution in [-0.4, -0.2) is 38.1 Å². The fraction of sp³-hybridized carbons (Fsp3) is 0.261. The maximum Gasteiger partial charge on any atom is 0.241 e. The van der Waals surface area contributed by atoms with Crippen LogP contribution >= 0.6 is 0 Å². The molecule has 0 aliphatic rings. The Labute approximate surface area is 165 Å². The summed E-state index contributed by atoms with van der Waals surface area (Å²) in [6, 6.07) is 19.4. The van der Waals surface area contributed by atoms with Crippen molar-refractivity contribution in [1.82, 2.24) is 4.90 Å². The SMILES string of the molecule is COc1ccc(NC(=O)[C@@H](C)N(C)Cc2ccc3cc(OC)ccc3c2)cc1. The van der Waals surface area contributed by atoms with E-state index in [0.29, 0.717) is 6.54 Å². The van der Waals surface area contributed by atoms with E-state index in [1.165, 1.54) is 0 Å². The van der Waals surface area contributed by atoms with Crippen molar-refractivity contribution in [3.05, 3.63) is 66.2 Å². The van der Waals surface area contributed by atoms with E-state index in [9.17, 15) is 4.79 Å². The molecule has 0 aliphatic carbocycles. The maximum atomic E-state index is 12.6. The second-order valence-corrected chi connectivity index (χ2v) is 6.86. The molecule has 3 aromatic carbocycles. The van der Waals surface area contributed by atoms with Crippen LogP contribution in [0.25, 0.3) is 10.8 Å². The molecule has 1 atom stereocenters. The fourth-order valence-electron chi connectivity index (χ4n) is 3.04. The molecule has 0 fully saturated rings. The standard InChI is InChI=1S/C23H26N2O3/c1-16(23(26)24-20-8-11-21(27-3)12-9-20)25(2)15-17-5-6-19-14-22(28-4)10-7-18(19)13-17/h5-14,16H,15H2,1-4H3,(H,24,26)/t16-/m1/s1. The van der Waals surface area contributed by atoms with Gasteiger partial charge >= 0.3 is 0 Å². The predicted molar refractivity (Wildman–Crippen MR) is 113 cm³/mol. The molecule has 28 heavy (non-hydrogen) atoms. The van der Waals surface area contributed by atoms with Crippen molar-refractivity contribution >= 4 is 22.4 Å². The highest BCUT2D eigenvalue weighted by Crippen LogP contribution is 2.23. The summed E-state index contributed by atoms with van der Waals surface area (Å²) in [5, 5.41) is 5.24. The van der Waals surface area contributed by atoms with Crippen LogP contribution in [-0.2, 0) is 11.3 Å². The van der Waals surface area contributed by atoms with Crippen LogP contribution in [0.15, 0.2) is 60.7 Å². The molecule has 0 radical (unpaired) electrons. The van der Waals surface area contributed by atoms with Crippen LogP contribution in [0.3, 0.4) is 0 Å². The summed E-state index contributed by atoms with van der Waals surface area (Å²) in [5.41, 5.74) is 1.91. The summed E-state index contributed by atoms with van der Waals surface area (Å²) in [4.78, 5) is 14.6. The first-order valence-corrected chi connectivity index (χ1v) is 9.22. The molecule has 0 aliphatic heterocycles. The molecule has 0 saturated carbocycles. The predicted octanol–water partition coefficient (Wildman–Crippen LogP) is 4.32. The van der Waals surface area contributed by atoms with Gasteiger partial charge in [-0.05, 0) is 72.8 Å². The summed E-state index contributed by atoms with van der Waals surface area (Å²) < 4.78 is 10.4. The first kappa shape index (κ1) is 19.7. The van der Waals surface area contributed by atoms with Gasteiger partial charge in [0.15, 0.2) is 0 Å². The van der Waals surface area contributed by atoms with Crippen LogP contribution in [0.2, 0.25) is 0 Å². The molecule has 0 saturated heterocycles. The van der Waals surface area contributed by atoms with E-state index in [0.717, 1.165) is 33.5 Å². The Kier molecular flexibility index (Phi) is 6.16. The Morgan fingerprint density at radius 1 is 0.929 bits per heavy atom. The molecule has 0 heterocycles. The van der Waals surface area contributed by atoms with Crippen molar-refractivity contribution in [3.8, 4) is 11.5 Å². The Bertz CT molecular complexity index is 954. The van der Waals surface area contributed by atoms with Gasteiger partial charge in [0.2, 0.25) is 5.91 Å². The topological polar surface area (TPSA) is 50.8 Å². The van der Waals surface area contributed by atoms with Gasteiger partial charge < -0.3 is 14.8 Å². The van der Waals surface area contributed by atoms with E-state index in [-0.39, 0.29) is 11.9 Å². The minimum atomic E-state index is -0.270. The highest BCUT2D eigenvalue weighted by Gasteiger charge is 2.18. The third-order valence-corrected chi connectivity index (χ3v) is 4.94. The lowest BCUT2D eigenvalue weighted by Crippen LogP contribution is -2.39. The zero-order valence-electron chi connectivity index (χ0n) is 16.7. The lowest BCUT2D eigenvalue weighted by Gasteiger charge is -2.24. The number of carbonyl (C=O) groups excluding carboxylic acids is 1. The lowest BCUT2D eigenvalue weighted by molar-refractivity contribution is -0.120. The number of hydrogen-bond donors (Lipinski definition) is 1. The van der Waals surface area contributed by atoms with Gasteiger partial charge in [0.1, 0.15) is 11.5 Å². The summed E-state index contributed by atoms with van der Waals surface area (Å²) in [5.74, 6) is 1.57. The smallest absolute Gasteiger partial charge is 0.241 e. The van der Waals surface area contributed by atoms with Gasteiger partial charge in [0.25, 0.3) is 0 Å². The zero-order valence-corrected chi connectivity index (χ0v) is 16.7. The van der Waals surface area contributed by atoms with Crippen molar-refractivity contribution in [3.63, 3.8) is 0 Å². The van der Waals surface area contributed by atoms with Gasteiger partial charge in [-0.25, -0.2) is 0 Å². The quantitative estimate of drug-likeness (QED) is 0.665. The highest BCUT2D eigenvalue weighted by molar-refractivity contribution is 5.94. The molecule has 146 valence electrons. The van der Waals surface area contributed by atoms with E-state index < -0.39 is 0 Å². The van der Waals surface area contributed by atoms with Crippen LogP contribution in [0.1, 0.15) is 12.5 Å². The summed E-state index contributed by atoms with van der Waals surface area (Å²) in [6.45, 7) is 2.59. The van der Waals surface area contributed by atoms with Gasteiger partial charge in [0.05, 0.1) is 20.3 Å². The molecule has 0 aromatic heterocycles. The summed E-state index contributed by atoms with van der Waals surface area (Å²) >= 11 is 0. The number of anilines is 1. The second kappa shape index (κ2) is 8.76. The summed E-state index contributed by atoms with van der Waals surface area (Å²) in [6.07, 6.45) is 0. The average Bonchev–Trinajstić information content (AvgIpc) is 2.73. The molecule has 1 N–H and O–H groups in total. The normalized spacial score (nSPS) is 12.0. The number of rotatable bonds is 7. The highest BCUT2D eigenvalue weighted by atomic mass is 16.5. The summed E-state index contributed by atoms with van der Waals surface area (Å²) in [7, 11) is 5.24. The number of ether oxygens (including phenoxy) is 2. The van der Waals surface area contributed by atoms with Crippen LogP contribution in [0, 0.1) is 0 Å². The lowest BCUT2D eigenvalue weighted by atomic mass is 10.1. The number of nitrogens with zero attached hydrogens (tertiary/aromatic N) is 1. The van der Waals surface area contributed by atoms with Crippen molar-refractivity contribution in [2.45, 2.75) is 19.5 Å². The monoisotopic (exact) mass is 378 g/mol. The first-order chi connectivity index (χ1) is 13.5. The Hall–Kier alpha value is -3.05. The fourth-order valence-corrected chi connectivity index (χ4v) is 3.04. The molecule has 1 amide bonds. The number of hydrogen-bond acceptors (Lipinski definition) is 4. The van der Waals surface area contributed by atoms with Crippen LogP contribution in [0.4, 0.5) is 5.69 Å². The van der Waals surface area contributed by atoms with Crippen molar-refractivity contribution in [2.75, 3.05) is 26.6 Å². The second-order valence-electron chi connectivity index (χ2n) is 6.86. The van der Waals surface area contributed by atoms with Gasteiger partial charge in [-0.2, -0.15) is 0 Å². The number of amides is 1. The van der Waals surface area contributed by atoms with Crippen molar-refractivity contribution < 1.29 is 14.3 Å². The third kappa shape index (κ3) is 4.61. The molecule has 0 unspecified atom stereocenters. The number of likely N-dealkylation sites (N-methyl/N-ethyl adjacent to an activating group) is 1. The van der Waals surface area contributed by atoms with Crippen LogP contribution < -0.4 is 14.8 Å². The molecule has 3 aromatic rings.